The molecule has 1 heterocycles. The average molecular weight is 739 g/mol. The summed E-state index contributed by atoms with van der Waals surface area (Å²) in [6.45, 7) is 3.90. The number of hydrogen-bond donors (Lipinski definition) is 0. The largest absolute Gasteiger partial charge is 0.496 e. The predicted molar refractivity (Wildman–Crippen MR) is 204 cm³/mol. The van der Waals surface area contributed by atoms with E-state index in [1.807, 2.05) is 86.6 Å². The van der Waals surface area contributed by atoms with Crippen LogP contribution < -0.4 is 59.1 Å². The summed E-state index contributed by atoms with van der Waals surface area (Å²) in [7, 11) is 10.7. The van der Waals surface area contributed by atoms with Gasteiger partial charge in [-0.1, -0.05) is 24.3 Å². The highest BCUT2D eigenvalue weighted by molar-refractivity contribution is 7.74. The van der Waals surface area contributed by atoms with Gasteiger partial charge in [0.25, 0.3) is 0 Å². The van der Waals surface area contributed by atoms with Crippen molar-refractivity contribution in [1.29, 1.82) is 0 Å². The molecule has 1 fully saturated rings. The summed E-state index contributed by atoms with van der Waals surface area (Å²) in [5, 5.41) is 3.64. The molecule has 0 aliphatic carbocycles. The van der Waals surface area contributed by atoms with Crippen molar-refractivity contribution in [3.05, 3.63) is 72.8 Å². The lowest BCUT2D eigenvalue weighted by atomic mass is 10.2. The van der Waals surface area contributed by atoms with Gasteiger partial charge in [0.1, 0.15) is 46.0 Å². The van der Waals surface area contributed by atoms with Crippen LogP contribution in [0, 0.1) is 0 Å². The minimum Gasteiger partial charge on any atom is -0.496 e. The minimum atomic E-state index is -1.30. The topological polar surface area (TPSA) is 92.3 Å². The average Bonchev–Trinajstić information content (AvgIpc) is 3.46. The van der Waals surface area contributed by atoms with Crippen LogP contribution in [0.15, 0.2) is 72.8 Å². The van der Waals surface area contributed by atoms with E-state index in [0.717, 1.165) is 21.2 Å². The molecule has 4 aromatic carbocycles. The standard InChI is InChI=1S/C39H48O10P2/c1-39(2)48-33(23-50(35-25(40-3)15-11-16-26(35)41-4)36-27(42-5)17-12-18-28(36)43-6)34(49-39)24-51(37-29(44-7)19-13-20-30(37)45-8)38-31(46-9)21-14-22-32(38)47-10/h11-22,33-34H,23-24H2,1-10H3. The van der Waals surface area contributed by atoms with Crippen molar-refractivity contribution in [2.45, 2.75) is 31.8 Å². The molecule has 1 aliphatic rings. The van der Waals surface area contributed by atoms with Crippen LogP contribution in [-0.4, -0.2) is 87.2 Å². The smallest absolute Gasteiger partial charge is 0.163 e. The van der Waals surface area contributed by atoms with Crippen molar-refractivity contribution in [3.63, 3.8) is 0 Å². The van der Waals surface area contributed by atoms with Crippen molar-refractivity contribution < 1.29 is 47.4 Å². The van der Waals surface area contributed by atoms with Gasteiger partial charge in [-0.15, -0.1) is 0 Å². The minimum absolute atomic E-state index is 0.387. The van der Waals surface area contributed by atoms with Gasteiger partial charge in [0.2, 0.25) is 0 Å². The van der Waals surface area contributed by atoms with Gasteiger partial charge in [-0.2, -0.15) is 0 Å². The third-order valence-corrected chi connectivity index (χ3v) is 14.1. The van der Waals surface area contributed by atoms with E-state index in [2.05, 4.69) is 0 Å². The Hall–Kier alpha value is -3.94. The van der Waals surface area contributed by atoms with Gasteiger partial charge in [-0.05, 0) is 78.2 Å². The molecule has 5 rings (SSSR count). The number of rotatable bonds is 16. The van der Waals surface area contributed by atoms with E-state index in [1.54, 1.807) is 56.9 Å². The second-order valence-corrected chi connectivity index (χ2v) is 16.2. The molecule has 1 saturated heterocycles. The summed E-state index contributed by atoms with van der Waals surface area (Å²) >= 11 is 0. The van der Waals surface area contributed by atoms with Gasteiger partial charge in [-0.25, -0.2) is 0 Å². The van der Waals surface area contributed by atoms with E-state index in [-0.39, 0.29) is 12.2 Å². The zero-order valence-electron chi connectivity index (χ0n) is 31.0. The Morgan fingerprint density at radius 2 is 0.608 bits per heavy atom. The third-order valence-electron chi connectivity index (χ3n) is 8.70. The molecule has 274 valence electrons. The molecular formula is C39H48O10P2. The summed E-state index contributed by atoms with van der Waals surface area (Å²) < 4.78 is 61.5. The fraction of sp³-hybridized carbons (Fsp3) is 0.385. The van der Waals surface area contributed by atoms with E-state index in [0.29, 0.717) is 58.3 Å². The van der Waals surface area contributed by atoms with Gasteiger partial charge >= 0.3 is 0 Å². The number of ether oxygens (including phenoxy) is 10. The second kappa shape index (κ2) is 17.1. The first-order valence-electron chi connectivity index (χ1n) is 16.4. The Morgan fingerprint density at radius 3 is 0.784 bits per heavy atom. The molecule has 0 aromatic heterocycles. The highest BCUT2D eigenvalue weighted by atomic mass is 31.1. The maximum Gasteiger partial charge on any atom is 0.163 e. The maximum absolute atomic E-state index is 6.84. The second-order valence-electron chi connectivity index (χ2n) is 12.0. The van der Waals surface area contributed by atoms with Gasteiger partial charge in [0.05, 0.1) is 90.3 Å². The summed E-state index contributed by atoms with van der Waals surface area (Å²) in [6.07, 6.45) is 0.293. The van der Waals surface area contributed by atoms with E-state index >= 15 is 0 Å². The van der Waals surface area contributed by atoms with Crippen LogP contribution in [0.5, 0.6) is 46.0 Å². The van der Waals surface area contributed by atoms with Gasteiger partial charge < -0.3 is 47.4 Å². The van der Waals surface area contributed by atoms with Crippen LogP contribution in [0.2, 0.25) is 0 Å². The van der Waals surface area contributed by atoms with Crippen LogP contribution in [0.4, 0.5) is 0 Å². The molecule has 4 aromatic rings. The highest BCUT2D eigenvalue weighted by Crippen LogP contribution is 2.52. The first-order chi connectivity index (χ1) is 24.7. The summed E-state index contributed by atoms with van der Waals surface area (Å²) in [5.74, 6) is 4.69. The number of benzene rings is 4. The molecule has 0 saturated carbocycles. The summed E-state index contributed by atoms with van der Waals surface area (Å²) in [4.78, 5) is 0. The third kappa shape index (κ3) is 7.95. The van der Waals surface area contributed by atoms with E-state index in [9.17, 15) is 0 Å². The number of hydrogen-bond acceptors (Lipinski definition) is 10. The predicted octanol–water partition coefficient (Wildman–Crippen LogP) is 5.84. The lowest BCUT2D eigenvalue weighted by Crippen LogP contribution is -2.35. The summed E-state index contributed by atoms with van der Waals surface area (Å²) in [6, 6.07) is 23.3. The monoisotopic (exact) mass is 738 g/mol. The molecule has 12 heteroatoms. The molecule has 1 aliphatic heterocycles. The molecule has 0 bridgehead atoms. The van der Waals surface area contributed by atoms with Crippen molar-refractivity contribution in [2.75, 3.05) is 69.2 Å². The Kier molecular flexibility index (Phi) is 12.8. The van der Waals surface area contributed by atoms with E-state index < -0.39 is 21.6 Å². The zero-order valence-corrected chi connectivity index (χ0v) is 32.8. The molecule has 51 heavy (non-hydrogen) atoms. The lowest BCUT2D eigenvalue weighted by molar-refractivity contribution is -0.142. The Morgan fingerprint density at radius 1 is 0.412 bits per heavy atom. The van der Waals surface area contributed by atoms with Crippen molar-refractivity contribution in [1.82, 2.24) is 0 Å². The Labute approximate surface area is 303 Å². The SMILES string of the molecule is COc1cccc(OC)c1P(CC1OC(C)(C)OC1CP(c1c(OC)cccc1OC)c1c(OC)cccc1OC)c1c(OC)cccc1OC. The van der Waals surface area contributed by atoms with Crippen molar-refractivity contribution in [2.24, 2.45) is 0 Å². The molecule has 2 atom stereocenters. The quantitative estimate of drug-likeness (QED) is 0.131. The molecule has 10 nitrogen and oxygen atoms in total. The molecule has 0 amide bonds. The van der Waals surface area contributed by atoms with Crippen molar-refractivity contribution >= 4 is 37.1 Å². The number of methoxy groups -OCH3 is 8. The zero-order chi connectivity index (χ0) is 36.7. The van der Waals surface area contributed by atoms with Crippen molar-refractivity contribution in [3.8, 4) is 46.0 Å². The van der Waals surface area contributed by atoms with Crippen LogP contribution in [0.3, 0.4) is 0 Å². The normalized spacial score (nSPS) is 16.5. The van der Waals surface area contributed by atoms with Crippen LogP contribution in [0.1, 0.15) is 13.8 Å². The van der Waals surface area contributed by atoms with Gasteiger partial charge in [-0.3, -0.25) is 0 Å². The molecular weight excluding hydrogens is 690 g/mol. The molecule has 0 radical (unpaired) electrons. The fourth-order valence-electron chi connectivity index (χ4n) is 6.56. The van der Waals surface area contributed by atoms with Crippen LogP contribution in [-0.2, 0) is 9.47 Å². The Bertz CT molecular complexity index is 1450. The molecule has 2 unspecified atom stereocenters. The van der Waals surface area contributed by atoms with E-state index in [1.165, 1.54) is 0 Å². The fourth-order valence-corrected chi connectivity index (χ4v) is 12.5. The molecule has 0 spiro atoms. The van der Waals surface area contributed by atoms with Gasteiger partial charge in [0.15, 0.2) is 5.79 Å². The summed E-state index contributed by atoms with van der Waals surface area (Å²) in [5.41, 5.74) is 0. The maximum atomic E-state index is 6.84. The van der Waals surface area contributed by atoms with Crippen LogP contribution >= 0.6 is 15.8 Å². The first kappa shape index (κ1) is 38.3. The Balaban J connectivity index is 1.71. The van der Waals surface area contributed by atoms with E-state index in [4.69, 9.17) is 47.4 Å². The first-order valence-corrected chi connectivity index (χ1v) is 19.5. The van der Waals surface area contributed by atoms with Gasteiger partial charge in [0, 0.05) is 12.3 Å². The highest BCUT2D eigenvalue weighted by Gasteiger charge is 2.46. The lowest BCUT2D eigenvalue weighted by Gasteiger charge is -2.31. The molecule has 0 N–H and O–H groups in total. The van der Waals surface area contributed by atoms with Crippen LogP contribution in [0.25, 0.3) is 0 Å².